The third-order valence-electron chi connectivity index (χ3n) is 4.23. The average Bonchev–Trinajstić information content (AvgIpc) is 2.63. The number of amides is 1. The van der Waals surface area contributed by atoms with Gasteiger partial charge in [-0.15, -0.1) is 0 Å². The molecular formula is C22H27NO4. The summed E-state index contributed by atoms with van der Waals surface area (Å²) in [6.45, 7) is 7.58. The van der Waals surface area contributed by atoms with E-state index in [0.717, 1.165) is 5.56 Å². The molecule has 0 radical (unpaired) electrons. The second kappa shape index (κ2) is 8.71. The molecule has 1 N–H and O–H groups in total. The maximum atomic E-state index is 12.5. The molecule has 0 aliphatic carbocycles. The third-order valence-corrected chi connectivity index (χ3v) is 4.23. The summed E-state index contributed by atoms with van der Waals surface area (Å²) < 4.78 is 10.9. The van der Waals surface area contributed by atoms with Crippen LogP contribution in [0.3, 0.4) is 0 Å². The molecule has 5 heteroatoms. The second-order valence-corrected chi connectivity index (χ2v) is 7.49. The van der Waals surface area contributed by atoms with Crippen LogP contribution in [-0.4, -0.2) is 25.4 Å². The number of rotatable bonds is 7. The molecule has 0 aliphatic heterocycles. The monoisotopic (exact) mass is 369 g/mol. The molecule has 1 unspecified atom stereocenters. The first kappa shape index (κ1) is 20.5. The lowest BCUT2D eigenvalue weighted by Gasteiger charge is -2.32. The molecule has 1 amide bonds. The molecule has 0 saturated carbocycles. The number of ether oxygens (including phenoxy) is 2. The van der Waals surface area contributed by atoms with Crippen LogP contribution in [-0.2, 0) is 4.79 Å². The molecule has 2 rings (SSSR count). The van der Waals surface area contributed by atoms with Crippen molar-refractivity contribution >= 4 is 11.7 Å². The van der Waals surface area contributed by atoms with E-state index in [1.54, 1.807) is 18.2 Å². The number of hydrogen-bond donors (Lipinski definition) is 1. The van der Waals surface area contributed by atoms with E-state index < -0.39 is 0 Å². The molecule has 2 aromatic carbocycles. The van der Waals surface area contributed by atoms with Gasteiger partial charge in [-0.3, -0.25) is 9.59 Å². The first-order valence-electron chi connectivity index (χ1n) is 8.88. The zero-order valence-electron chi connectivity index (χ0n) is 16.5. The van der Waals surface area contributed by atoms with Crippen LogP contribution in [0, 0.1) is 5.41 Å². The zero-order valence-corrected chi connectivity index (χ0v) is 16.5. The summed E-state index contributed by atoms with van der Waals surface area (Å²) in [5, 5.41) is 3.05. The van der Waals surface area contributed by atoms with E-state index in [1.165, 1.54) is 14.0 Å². The Labute approximate surface area is 160 Å². The maximum absolute atomic E-state index is 12.5. The highest BCUT2D eigenvalue weighted by molar-refractivity contribution is 5.94. The summed E-state index contributed by atoms with van der Waals surface area (Å²) >= 11 is 0. The molecule has 144 valence electrons. The number of Topliss-reactive ketones (excluding diaryl/α,β-unsaturated/α-hetero) is 1. The summed E-state index contributed by atoms with van der Waals surface area (Å²) in [5.74, 6) is 0.556. The Kier molecular flexibility index (Phi) is 6.61. The first-order valence-corrected chi connectivity index (χ1v) is 8.88. The normalized spacial score (nSPS) is 12.2. The second-order valence-electron chi connectivity index (χ2n) is 7.49. The molecule has 0 aliphatic rings. The largest absolute Gasteiger partial charge is 0.493 e. The average molecular weight is 369 g/mol. The highest BCUT2D eigenvalue weighted by atomic mass is 16.5. The molecule has 0 fully saturated rings. The minimum absolute atomic E-state index is 0.0616. The lowest BCUT2D eigenvalue weighted by atomic mass is 9.82. The van der Waals surface area contributed by atoms with Crippen molar-refractivity contribution in [3.8, 4) is 11.5 Å². The highest BCUT2D eigenvalue weighted by Crippen LogP contribution is 2.33. The standard InChI is InChI=1S/C22H27NO4/c1-15(24)17-11-12-18(19(13-17)26-5)27-14-20(25)23-21(22(2,3)4)16-9-7-6-8-10-16/h6-13,21H,14H2,1-5H3,(H,23,25). The molecule has 27 heavy (non-hydrogen) atoms. The van der Waals surface area contributed by atoms with Crippen LogP contribution >= 0.6 is 0 Å². The van der Waals surface area contributed by atoms with Crippen LogP contribution in [0.5, 0.6) is 11.5 Å². The smallest absolute Gasteiger partial charge is 0.258 e. The van der Waals surface area contributed by atoms with Gasteiger partial charge in [0, 0.05) is 5.56 Å². The Morgan fingerprint density at radius 3 is 2.26 bits per heavy atom. The van der Waals surface area contributed by atoms with Crippen molar-refractivity contribution < 1.29 is 19.1 Å². The van der Waals surface area contributed by atoms with E-state index >= 15 is 0 Å². The van der Waals surface area contributed by atoms with Crippen LogP contribution in [0.15, 0.2) is 48.5 Å². The number of nitrogens with one attached hydrogen (secondary N) is 1. The van der Waals surface area contributed by atoms with Gasteiger partial charge in [-0.2, -0.15) is 0 Å². The van der Waals surface area contributed by atoms with Crippen molar-refractivity contribution in [3.05, 3.63) is 59.7 Å². The van der Waals surface area contributed by atoms with E-state index in [9.17, 15) is 9.59 Å². The van der Waals surface area contributed by atoms with Crippen LogP contribution in [0.25, 0.3) is 0 Å². The number of hydrogen-bond acceptors (Lipinski definition) is 4. The van der Waals surface area contributed by atoms with E-state index in [0.29, 0.717) is 17.1 Å². The fraction of sp³-hybridized carbons (Fsp3) is 0.364. The van der Waals surface area contributed by atoms with E-state index in [2.05, 4.69) is 26.1 Å². The Morgan fingerprint density at radius 2 is 1.70 bits per heavy atom. The topological polar surface area (TPSA) is 64.6 Å². The summed E-state index contributed by atoms with van der Waals surface area (Å²) in [6.07, 6.45) is 0. The molecule has 5 nitrogen and oxygen atoms in total. The summed E-state index contributed by atoms with van der Waals surface area (Å²) in [7, 11) is 1.50. The van der Waals surface area contributed by atoms with Crippen LogP contribution in [0.1, 0.15) is 49.7 Å². The maximum Gasteiger partial charge on any atom is 0.258 e. The lowest BCUT2D eigenvalue weighted by molar-refractivity contribution is -0.124. The summed E-state index contributed by atoms with van der Waals surface area (Å²) in [4.78, 5) is 24.0. The summed E-state index contributed by atoms with van der Waals surface area (Å²) in [5.41, 5.74) is 1.42. The SMILES string of the molecule is COc1cc(C(C)=O)ccc1OCC(=O)NC(c1ccccc1)C(C)(C)C. The number of carbonyl (C=O) groups excluding carboxylic acids is 2. The van der Waals surface area contributed by atoms with Crippen molar-refractivity contribution in [2.24, 2.45) is 5.41 Å². The van der Waals surface area contributed by atoms with E-state index in [4.69, 9.17) is 9.47 Å². The van der Waals surface area contributed by atoms with E-state index in [-0.39, 0.29) is 29.8 Å². The van der Waals surface area contributed by atoms with Gasteiger partial charge in [0.1, 0.15) is 0 Å². The molecular weight excluding hydrogens is 342 g/mol. The molecule has 0 bridgehead atoms. The minimum atomic E-state index is -0.225. The van der Waals surface area contributed by atoms with Gasteiger partial charge >= 0.3 is 0 Å². The van der Waals surface area contributed by atoms with Gasteiger partial charge in [0.05, 0.1) is 13.2 Å². The van der Waals surface area contributed by atoms with Gasteiger partial charge in [-0.05, 0) is 36.1 Å². The zero-order chi connectivity index (χ0) is 20.0. The van der Waals surface area contributed by atoms with Gasteiger partial charge in [-0.1, -0.05) is 51.1 Å². The summed E-state index contributed by atoms with van der Waals surface area (Å²) in [6, 6.07) is 14.6. The molecule has 1 atom stereocenters. The van der Waals surface area contributed by atoms with Crippen molar-refractivity contribution in [3.63, 3.8) is 0 Å². The molecule has 2 aromatic rings. The number of methoxy groups -OCH3 is 1. The first-order chi connectivity index (χ1) is 12.7. The van der Waals surface area contributed by atoms with Crippen molar-refractivity contribution in [2.45, 2.75) is 33.7 Å². The van der Waals surface area contributed by atoms with E-state index in [1.807, 2.05) is 30.3 Å². The highest BCUT2D eigenvalue weighted by Gasteiger charge is 2.27. The van der Waals surface area contributed by atoms with Crippen molar-refractivity contribution in [1.82, 2.24) is 5.32 Å². The fourth-order valence-corrected chi connectivity index (χ4v) is 2.80. The van der Waals surface area contributed by atoms with Gasteiger partial charge in [0.25, 0.3) is 5.91 Å². The van der Waals surface area contributed by atoms with Gasteiger partial charge < -0.3 is 14.8 Å². The van der Waals surface area contributed by atoms with Crippen LogP contribution < -0.4 is 14.8 Å². The number of benzene rings is 2. The Bertz CT molecular complexity index is 794. The third kappa shape index (κ3) is 5.58. The van der Waals surface area contributed by atoms with Gasteiger partial charge in [0.2, 0.25) is 0 Å². The Morgan fingerprint density at radius 1 is 1.04 bits per heavy atom. The predicted octanol–water partition coefficient (Wildman–Crippen LogP) is 4.18. The predicted molar refractivity (Wildman–Crippen MR) is 105 cm³/mol. The minimum Gasteiger partial charge on any atom is -0.493 e. The molecule has 0 aromatic heterocycles. The van der Waals surface area contributed by atoms with Crippen molar-refractivity contribution in [2.75, 3.05) is 13.7 Å². The fourth-order valence-electron chi connectivity index (χ4n) is 2.80. The number of carbonyl (C=O) groups is 2. The van der Waals surface area contributed by atoms with Gasteiger partial charge in [-0.25, -0.2) is 0 Å². The molecule has 0 heterocycles. The lowest BCUT2D eigenvalue weighted by Crippen LogP contribution is -2.39. The van der Waals surface area contributed by atoms with Gasteiger partial charge in [0.15, 0.2) is 23.9 Å². The Balaban J connectivity index is 2.07. The van der Waals surface area contributed by atoms with Crippen LogP contribution in [0.2, 0.25) is 0 Å². The number of ketones is 1. The molecule has 0 spiro atoms. The molecule has 0 saturated heterocycles. The Hall–Kier alpha value is -2.82. The van der Waals surface area contributed by atoms with Crippen LogP contribution in [0.4, 0.5) is 0 Å². The quantitative estimate of drug-likeness (QED) is 0.744. The van der Waals surface area contributed by atoms with Crippen molar-refractivity contribution in [1.29, 1.82) is 0 Å².